The summed E-state index contributed by atoms with van der Waals surface area (Å²) in [5, 5.41) is 4.07. The number of aromatic nitrogens is 1. The fourth-order valence-corrected chi connectivity index (χ4v) is 7.07. The van der Waals surface area contributed by atoms with Gasteiger partial charge in [-0.2, -0.15) is 0 Å². The van der Waals surface area contributed by atoms with Gasteiger partial charge >= 0.3 is 11.9 Å². The Morgan fingerprint density at radius 1 is 0.950 bits per heavy atom. The van der Waals surface area contributed by atoms with Gasteiger partial charge in [0, 0.05) is 41.0 Å². The van der Waals surface area contributed by atoms with E-state index in [1.807, 2.05) is 24.3 Å². The second kappa shape index (κ2) is 12.9. The third-order valence-corrected chi connectivity index (χ3v) is 8.81. The SMILES string of the molecule is CCCN1CCc2nc3ccccc3c(C(=O)OCC(=O)Nc3sc4c(c3C(=O)OCC)CCCCCC4)c2C1. The number of ether oxygens (including phenoxy) is 2. The van der Waals surface area contributed by atoms with Crippen molar-refractivity contribution in [3.8, 4) is 0 Å². The van der Waals surface area contributed by atoms with Crippen molar-refractivity contribution in [2.45, 2.75) is 71.8 Å². The van der Waals surface area contributed by atoms with Crippen LogP contribution in [0.25, 0.3) is 10.9 Å². The van der Waals surface area contributed by atoms with Crippen LogP contribution in [-0.4, -0.2) is 54.0 Å². The van der Waals surface area contributed by atoms with Crippen LogP contribution in [0.1, 0.15) is 88.4 Å². The molecule has 40 heavy (non-hydrogen) atoms. The zero-order valence-electron chi connectivity index (χ0n) is 23.3. The standard InChI is InChI=1S/C31H37N3O5S/c1-3-16-34-17-15-24-22(18-34)27(20-11-9-10-13-23(20)32-24)30(36)39-19-26(35)33-29-28(31(37)38-4-2)21-12-7-5-6-8-14-25(21)40-29/h9-11,13H,3-8,12,14-19H2,1-2H3,(H,33,35). The summed E-state index contributed by atoms with van der Waals surface area (Å²) in [4.78, 5) is 47.8. The predicted molar refractivity (Wildman–Crippen MR) is 156 cm³/mol. The molecule has 0 bridgehead atoms. The van der Waals surface area contributed by atoms with E-state index in [2.05, 4.69) is 17.1 Å². The molecule has 1 aliphatic carbocycles. The second-order valence-corrected chi connectivity index (χ2v) is 11.5. The van der Waals surface area contributed by atoms with Gasteiger partial charge in [-0.05, 0) is 57.2 Å². The summed E-state index contributed by atoms with van der Waals surface area (Å²) in [6.07, 6.45) is 7.80. The molecule has 212 valence electrons. The minimum Gasteiger partial charge on any atom is -0.462 e. The van der Waals surface area contributed by atoms with Gasteiger partial charge in [0.05, 0.1) is 23.3 Å². The van der Waals surface area contributed by atoms with E-state index < -0.39 is 24.5 Å². The van der Waals surface area contributed by atoms with E-state index in [1.54, 1.807) is 6.92 Å². The number of hydrogen-bond donors (Lipinski definition) is 1. The quantitative estimate of drug-likeness (QED) is 0.351. The summed E-state index contributed by atoms with van der Waals surface area (Å²) in [5.41, 5.74) is 4.47. The molecule has 2 aliphatic rings. The van der Waals surface area contributed by atoms with Crippen LogP contribution in [-0.2, 0) is 40.1 Å². The number of nitrogens with one attached hydrogen (secondary N) is 1. The number of rotatable bonds is 8. The van der Waals surface area contributed by atoms with Crippen molar-refractivity contribution in [3.63, 3.8) is 0 Å². The maximum Gasteiger partial charge on any atom is 0.341 e. The molecule has 0 fully saturated rings. The average molecular weight is 564 g/mol. The van der Waals surface area contributed by atoms with Gasteiger partial charge in [-0.15, -0.1) is 11.3 Å². The molecule has 0 atom stereocenters. The highest BCUT2D eigenvalue weighted by Gasteiger charge is 2.28. The van der Waals surface area contributed by atoms with Crippen molar-refractivity contribution in [3.05, 3.63) is 57.1 Å². The molecule has 9 heteroatoms. The Labute approximate surface area is 239 Å². The Hall–Kier alpha value is -3.30. The fourth-order valence-electron chi connectivity index (χ4n) is 5.78. The number of anilines is 1. The summed E-state index contributed by atoms with van der Waals surface area (Å²) in [5.74, 6) is -1.43. The first kappa shape index (κ1) is 28.2. The number of pyridine rings is 1. The number of carbonyl (C=O) groups is 3. The summed E-state index contributed by atoms with van der Waals surface area (Å²) >= 11 is 1.44. The molecular formula is C31H37N3O5S. The van der Waals surface area contributed by atoms with E-state index in [1.165, 1.54) is 11.3 Å². The smallest absolute Gasteiger partial charge is 0.341 e. The highest BCUT2D eigenvalue weighted by Crippen LogP contribution is 2.37. The van der Waals surface area contributed by atoms with E-state index in [9.17, 15) is 14.4 Å². The molecule has 3 heterocycles. The maximum absolute atomic E-state index is 13.5. The van der Waals surface area contributed by atoms with Crippen molar-refractivity contribution >= 4 is 45.1 Å². The van der Waals surface area contributed by atoms with E-state index >= 15 is 0 Å². The number of nitrogens with zero attached hydrogens (tertiary/aromatic N) is 2. The van der Waals surface area contributed by atoms with E-state index in [0.29, 0.717) is 22.7 Å². The van der Waals surface area contributed by atoms with Gasteiger partial charge in [-0.25, -0.2) is 9.59 Å². The Bertz CT molecular complexity index is 1420. The molecule has 0 unspecified atom stereocenters. The first-order valence-electron chi connectivity index (χ1n) is 14.4. The lowest BCUT2D eigenvalue weighted by Gasteiger charge is -2.29. The summed E-state index contributed by atoms with van der Waals surface area (Å²) in [6.45, 7) is 6.19. The summed E-state index contributed by atoms with van der Waals surface area (Å²) < 4.78 is 11.0. The maximum atomic E-state index is 13.5. The molecule has 0 saturated heterocycles. The van der Waals surface area contributed by atoms with Crippen LogP contribution in [0, 0.1) is 0 Å². The summed E-state index contributed by atoms with van der Waals surface area (Å²) in [6, 6.07) is 7.57. The van der Waals surface area contributed by atoms with Crippen molar-refractivity contribution in [2.24, 2.45) is 0 Å². The third kappa shape index (κ3) is 6.05. The van der Waals surface area contributed by atoms with Gasteiger partial charge in [-0.1, -0.05) is 38.0 Å². The predicted octanol–water partition coefficient (Wildman–Crippen LogP) is 5.70. The van der Waals surface area contributed by atoms with Crippen molar-refractivity contribution in [1.82, 2.24) is 9.88 Å². The van der Waals surface area contributed by atoms with E-state index in [4.69, 9.17) is 14.5 Å². The fraction of sp³-hybridized carbons (Fsp3) is 0.484. The molecule has 0 saturated carbocycles. The first-order valence-corrected chi connectivity index (χ1v) is 15.2. The molecule has 2 aromatic heterocycles. The van der Waals surface area contributed by atoms with Gasteiger partial charge in [0.25, 0.3) is 5.91 Å². The number of carbonyl (C=O) groups excluding carboxylic acids is 3. The van der Waals surface area contributed by atoms with Gasteiger partial charge < -0.3 is 14.8 Å². The number of hydrogen-bond acceptors (Lipinski definition) is 8. The Kier molecular flexibility index (Phi) is 9.11. The Morgan fingerprint density at radius 3 is 2.52 bits per heavy atom. The van der Waals surface area contributed by atoms with E-state index in [0.717, 1.165) is 97.1 Å². The first-order chi connectivity index (χ1) is 19.5. The van der Waals surface area contributed by atoms with E-state index in [-0.39, 0.29) is 6.61 Å². The molecule has 3 aromatic rings. The second-order valence-electron chi connectivity index (χ2n) is 10.4. The normalized spacial score (nSPS) is 15.4. The van der Waals surface area contributed by atoms with Crippen LogP contribution in [0.5, 0.6) is 0 Å². The van der Waals surface area contributed by atoms with Crippen LogP contribution in [0.15, 0.2) is 24.3 Å². The number of para-hydroxylation sites is 1. The Balaban J connectivity index is 1.36. The molecule has 0 spiro atoms. The number of amides is 1. The topological polar surface area (TPSA) is 97.8 Å². The van der Waals surface area contributed by atoms with Crippen molar-refractivity contribution in [1.29, 1.82) is 0 Å². The minimum atomic E-state index is -0.535. The van der Waals surface area contributed by atoms with Crippen LogP contribution in [0.4, 0.5) is 5.00 Å². The Morgan fingerprint density at radius 2 is 1.73 bits per heavy atom. The molecule has 0 radical (unpaired) electrons. The molecule has 1 amide bonds. The number of fused-ring (bicyclic) bond motifs is 3. The minimum absolute atomic E-state index is 0.258. The van der Waals surface area contributed by atoms with Gasteiger partial charge in [0.1, 0.15) is 5.00 Å². The van der Waals surface area contributed by atoms with Gasteiger partial charge in [0.15, 0.2) is 6.61 Å². The zero-order chi connectivity index (χ0) is 28.1. The molecule has 1 aromatic carbocycles. The summed E-state index contributed by atoms with van der Waals surface area (Å²) in [7, 11) is 0. The van der Waals surface area contributed by atoms with Gasteiger partial charge in [0.2, 0.25) is 0 Å². The van der Waals surface area contributed by atoms with Crippen LogP contribution >= 0.6 is 11.3 Å². The molecule has 5 rings (SSSR count). The lowest BCUT2D eigenvalue weighted by Crippen LogP contribution is -2.33. The van der Waals surface area contributed by atoms with Crippen LogP contribution < -0.4 is 5.32 Å². The highest BCUT2D eigenvalue weighted by molar-refractivity contribution is 7.17. The number of esters is 2. The van der Waals surface area contributed by atoms with Crippen molar-refractivity contribution in [2.75, 3.05) is 31.6 Å². The number of benzene rings is 1. The van der Waals surface area contributed by atoms with Gasteiger partial charge in [-0.3, -0.25) is 14.7 Å². The van der Waals surface area contributed by atoms with Crippen LogP contribution in [0.3, 0.4) is 0 Å². The molecule has 1 N–H and O–H groups in total. The highest BCUT2D eigenvalue weighted by atomic mass is 32.1. The average Bonchev–Trinajstić information content (AvgIpc) is 3.26. The molecular weight excluding hydrogens is 526 g/mol. The molecule has 1 aliphatic heterocycles. The number of thiophene rings is 1. The van der Waals surface area contributed by atoms with Crippen molar-refractivity contribution < 1.29 is 23.9 Å². The lowest BCUT2D eigenvalue weighted by atomic mass is 9.95. The third-order valence-electron chi connectivity index (χ3n) is 7.61. The van der Waals surface area contributed by atoms with Crippen LogP contribution in [0.2, 0.25) is 0 Å². The lowest BCUT2D eigenvalue weighted by molar-refractivity contribution is -0.119. The largest absolute Gasteiger partial charge is 0.462 e. The monoisotopic (exact) mass is 563 g/mol. The molecule has 8 nitrogen and oxygen atoms in total. The number of aryl methyl sites for hydroxylation is 1. The zero-order valence-corrected chi connectivity index (χ0v) is 24.2.